The third-order valence-electron chi connectivity index (χ3n) is 4.75. The van der Waals surface area contributed by atoms with Gasteiger partial charge in [-0.05, 0) is 44.2 Å². The molecule has 2 amide bonds. The number of hydrogen-bond donors (Lipinski definition) is 3. The van der Waals surface area contributed by atoms with Gasteiger partial charge in [0, 0.05) is 36.0 Å². The van der Waals surface area contributed by atoms with Crippen LogP contribution in [0, 0.1) is 0 Å². The van der Waals surface area contributed by atoms with Crippen LogP contribution in [-0.2, 0) is 0 Å². The molecule has 0 fully saturated rings. The van der Waals surface area contributed by atoms with Gasteiger partial charge in [0.2, 0.25) is 0 Å². The van der Waals surface area contributed by atoms with Crippen molar-refractivity contribution in [3.63, 3.8) is 0 Å². The average molecular weight is 416 g/mol. The number of anilines is 1. The van der Waals surface area contributed by atoms with Crippen LogP contribution in [0.4, 0.5) is 10.6 Å². The summed E-state index contributed by atoms with van der Waals surface area (Å²) in [6, 6.07) is 14.7. The number of carbonyl (C=O) groups is 1. The van der Waals surface area contributed by atoms with Crippen molar-refractivity contribution in [3.05, 3.63) is 67.1 Å². The number of carbonyl (C=O) groups excluding carboxylic acids is 1. The van der Waals surface area contributed by atoms with Gasteiger partial charge in [0.05, 0.1) is 23.3 Å². The molecule has 4 aromatic rings. The molecule has 3 aromatic heterocycles. The van der Waals surface area contributed by atoms with Crippen LogP contribution < -0.4 is 15.4 Å². The van der Waals surface area contributed by atoms with E-state index in [2.05, 4.69) is 30.8 Å². The molecule has 0 aliphatic rings. The number of ether oxygens (including phenoxy) is 1. The molecule has 2 atom stereocenters. The van der Waals surface area contributed by atoms with E-state index in [-0.39, 0.29) is 18.2 Å². The first-order valence-electron chi connectivity index (χ1n) is 10.1. The van der Waals surface area contributed by atoms with Gasteiger partial charge in [-0.1, -0.05) is 18.2 Å². The molecule has 0 unspecified atom stereocenters. The lowest BCUT2D eigenvalue weighted by Crippen LogP contribution is -2.38. The highest BCUT2D eigenvalue weighted by atomic mass is 16.5. The van der Waals surface area contributed by atoms with Crippen molar-refractivity contribution in [3.8, 4) is 16.9 Å². The number of nitrogens with zero attached hydrogens (tertiary/aromatic N) is 3. The largest absolute Gasteiger partial charge is 0.491 e. The summed E-state index contributed by atoms with van der Waals surface area (Å²) in [7, 11) is 0. The van der Waals surface area contributed by atoms with E-state index in [0.29, 0.717) is 17.8 Å². The zero-order valence-electron chi connectivity index (χ0n) is 17.4. The molecular formula is C23H24N6O2. The Morgan fingerprint density at radius 2 is 1.90 bits per heavy atom. The molecule has 31 heavy (non-hydrogen) atoms. The number of aromatic amines is 1. The number of H-pyrrole nitrogens is 1. The smallest absolute Gasteiger partial charge is 0.320 e. The van der Waals surface area contributed by atoms with E-state index >= 15 is 0 Å². The van der Waals surface area contributed by atoms with Gasteiger partial charge in [-0.15, -0.1) is 0 Å². The number of rotatable bonds is 7. The van der Waals surface area contributed by atoms with Crippen LogP contribution in [0.25, 0.3) is 22.2 Å². The lowest BCUT2D eigenvalue weighted by molar-refractivity contribution is 0.195. The first-order valence-corrected chi connectivity index (χ1v) is 10.1. The first-order chi connectivity index (χ1) is 15.1. The lowest BCUT2D eigenvalue weighted by Gasteiger charge is -2.20. The third-order valence-corrected chi connectivity index (χ3v) is 4.75. The first kappa shape index (κ1) is 20.3. The van der Waals surface area contributed by atoms with Crippen LogP contribution in [0.3, 0.4) is 0 Å². The summed E-state index contributed by atoms with van der Waals surface area (Å²) >= 11 is 0. The maximum absolute atomic E-state index is 12.4. The van der Waals surface area contributed by atoms with Crippen molar-refractivity contribution in [2.45, 2.75) is 32.4 Å². The molecule has 3 N–H and O–H groups in total. The summed E-state index contributed by atoms with van der Waals surface area (Å²) in [5.74, 6) is 1.27. The van der Waals surface area contributed by atoms with Crippen LogP contribution >= 0.6 is 0 Å². The third kappa shape index (κ3) is 5.36. The van der Waals surface area contributed by atoms with Crippen molar-refractivity contribution in [1.29, 1.82) is 0 Å². The summed E-state index contributed by atoms with van der Waals surface area (Å²) in [4.78, 5) is 21.4. The van der Waals surface area contributed by atoms with E-state index in [0.717, 1.165) is 22.4 Å². The maximum Gasteiger partial charge on any atom is 0.320 e. The Morgan fingerprint density at radius 3 is 2.68 bits per heavy atom. The van der Waals surface area contributed by atoms with Crippen LogP contribution in [0.2, 0.25) is 0 Å². The van der Waals surface area contributed by atoms with E-state index in [1.807, 2.05) is 56.3 Å². The van der Waals surface area contributed by atoms with Gasteiger partial charge in [-0.2, -0.15) is 5.10 Å². The van der Waals surface area contributed by atoms with E-state index < -0.39 is 0 Å². The highest BCUT2D eigenvalue weighted by Gasteiger charge is 2.13. The Bertz CT molecular complexity index is 1150. The molecule has 0 aliphatic carbocycles. The SMILES string of the molecule is C[C@@H](C[C@H](C)Oc1ccccc1)NC(=O)Nc1ccc2ncc(-c3cn[nH]c3)cc2n1. The molecule has 0 saturated heterocycles. The van der Waals surface area contributed by atoms with Crippen LogP contribution in [0.15, 0.2) is 67.1 Å². The van der Waals surface area contributed by atoms with Gasteiger partial charge in [-0.3, -0.25) is 15.4 Å². The van der Waals surface area contributed by atoms with Crippen molar-refractivity contribution >= 4 is 22.9 Å². The van der Waals surface area contributed by atoms with Crippen molar-refractivity contribution in [2.75, 3.05) is 5.32 Å². The number of para-hydroxylation sites is 1. The fourth-order valence-corrected chi connectivity index (χ4v) is 3.36. The topological polar surface area (TPSA) is 105 Å². The van der Waals surface area contributed by atoms with E-state index in [9.17, 15) is 4.79 Å². The van der Waals surface area contributed by atoms with Crippen molar-refractivity contribution in [1.82, 2.24) is 25.5 Å². The standard InChI is InChI=1S/C23H24N6O2/c1-15(10-16(2)31-19-6-4-3-5-7-19)27-23(30)29-22-9-8-20-21(28-22)11-17(12-24-20)18-13-25-26-14-18/h3-9,11-16H,10H2,1-2H3,(H,25,26)(H2,27,28,29,30)/t15-,16-/m0/s1. The molecule has 8 nitrogen and oxygen atoms in total. The van der Waals surface area contributed by atoms with Crippen molar-refractivity contribution in [2.24, 2.45) is 0 Å². The Kier molecular flexibility index (Phi) is 6.07. The second kappa shape index (κ2) is 9.25. The van der Waals surface area contributed by atoms with Crippen LogP contribution in [0.1, 0.15) is 20.3 Å². The fraction of sp³-hybridized carbons (Fsp3) is 0.217. The molecular weight excluding hydrogens is 392 g/mol. The summed E-state index contributed by atoms with van der Waals surface area (Å²) in [6.07, 6.45) is 5.93. The number of urea groups is 1. The van der Waals surface area contributed by atoms with Gasteiger partial charge in [0.25, 0.3) is 0 Å². The number of fused-ring (bicyclic) bond motifs is 1. The fourth-order valence-electron chi connectivity index (χ4n) is 3.36. The van der Waals surface area contributed by atoms with Gasteiger partial charge >= 0.3 is 6.03 Å². The predicted molar refractivity (Wildman–Crippen MR) is 120 cm³/mol. The Balaban J connectivity index is 1.35. The van der Waals surface area contributed by atoms with Gasteiger partial charge < -0.3 is 10.1 Å². The Morgan fingerprint density at radius 1 is 1.06 bits per heavy atom. The minimum absolute atomic E-state index is 0.0380. The minimum atomic E-state index is -0.315. The average Bonchev–Trinajstić information content (AvgIpc) is 3.28. The molecule has 0 bridgehead atoms. The highest BCUT2D eigenvalue weighted by Crippen LogP contribution is 2.21. The van der Waals surface area contributed by atoms with Crippen LogP contribution in [-0.4, -0.2) is 38.3 Å². The lowest BCUT2D eigenvalue weighted by atomic mass is 10.1. The number of benzene rings is 1. The molecule has 0 spiro atoms. The van der Waals surface area contributed by atoms with Gasteiger partial charge in [0.1, 0.15) is 11.6 Å². The van der Waals surface area contributed by atoms with Gasteiger partial charge in [-0.25, -0.2) is 9.78 Å². The van der Waals surface area contributed by atoms with Crippen LogP contribution in [0.5, 0.6) is 5.75 Å². The van der Waals surface area contributed by atoms with Crippen molar-refractivity contribution < 1.29 is 9.53 Å². The summed E-state index contributed by atoms with van der Waals surface area (Å²) in [6.45, 7) is 3.93. The molecule has 4 rings (SSSR count). The number of amides is 2. The zero-order valence-corrected chi connectivity index (χ0v) is 17.4. The number of aromatic nitrogens is 4. The summed E-state index contributed by atoms with van der Waals surface area (Å²) in [5.41, 5.74) is 3.26. The number of hydrogen-bond acceptors (Lipinski definition) is 5. The van der Waals surface area contributed by atoms with Gasteiger partial charge in [0.15, 0.2) is 0 Å². The molecule has 0 saturated carbocycles. The second-order valence-electron chi connectivity index (χ2n) is 7.42. The second-order valence-corrected chi connectivity index (χ2v) is 7.42. The molecule has 0 radical (unpaired) electrons. The zero-order chi connectivity index (χ0) is 21.6. The van der Waals surface area contributed by atoms with E-state index in [4.69, 9.17) is 4.74 Å². The Labute approximate surface area is 180 Å². The molecule has 3 heterocycles. The van der Waals surface area contributed by atoms with E-state index in [1.54, 1.807) is 24.7 Å². The highest BCUT2D eigenvalue weighted by molar-refractivity contribution is 5.90. The maximum atomic E-state index is 12.4. The predicted octanol–water partition coefficient (Wildman–Crippen LogP) is 4.39. The molecule has 8 heteroatoms. The monoisotopic (exact) mass is 416 g/mol. The quantitative estimate of drug-likeness (QED) is 0.414. The number of pyridine rings is 2. The van der Waals surface area contributed by atoms with E-state index in [1.165, 1.54) is 0 Å². The summed E-state index contributed by atoms with van der Waals surface area (Å²) < 4.78 is 5.88. The normalized spacial score (nSPS) is 12.8. The molecule has 0 aliphatic heterocycles. The Hall–Kier alpha value is -3.94. The summed E-state index contributed by atoms with van der Waals surface area (Å²) in [5, 5.41) is 12.5. The molecule has 158 valence electrons. The number of nitrogens with one attached hydrogen (secondary N) is 3. The minimum Gasteiger partial charge on any atom is -0.491 e. The molecule has 1 aromatic carbocycles.